The number of halogens is 3. The van der Waals surface area contributed by atoms with Gasteiger partial charge in [-0.05, 0) is 29.3 Å². The van der Waals surface area contributed by atoms with E-state index in [0.29, 0.717) is 22.4 Å². The second-order valence-electron chi connectivity index (χ2n) is 4.87. The predicted octanol–water partition coefficient (Wildman–Crippen LogP) is 3.41. The van der Waals surface area contributed by atoms with E-state index in [1.807, 2.05) is 0 Å². The molecular formula is C16H14F3NO4. The molecule has 0 radical (unpaired) electrons. The van der Waals surface area contributed by atoms with Gasteiger partial charge >= 0.3 is 12.1 Å². The van der Waals surface area contributed by atoms with Crippen molar-refractivity contribution in [3.05, 3.63) is 41.7 Å². The van der Waals surface area contributed by atoms with Gasteiger partial charge in [0.15, 0.2) is 5.69 Å². The number of benzene rings is 1. The summed E-state index contributed by atoms with van der Waals surface area (Å²) in [5.74, 6) is -1.06. The molecule has 0 fully saturated rings. The second-order valence-corrected chi connectivity index (χ2v) is 4.87. The summed E-state index contributed by atoms with van der Waals surface area (Å²) in [7, 11) is 2.55. The van der Waals surface area contributed by atoms with Crippen LogP contribution < -0.4 is 9.47 Å². The zero-order valence-electron chi connectivity index (χ0n) is 12.8. The number of ether oxygens (including phenoxy) is 2. The molecule has 0 atom stereocenters. The Morgan fingerprint density at radius 2 is 1.92 bits per heavy atom. The van der Waals surface area contributed by atoms with Gasteiger partial charge in [0.25, 0.3) is 0 Å². The molecule has 0 aliphatic rings. The molecule has 1 aromatic heterocycles. The van der Waals surface area contributed by atoms with E-state index in [4.69, 9.17) is 14.6 Å². The third-order valence-electron chi connectivity index (χ3n) is 3.31. The first-order chi connectivity index (χ1) is 11.3. The van der Waals surface area contributed by atoms with Crippen molar-refractivity contribution in [2.75, 3.05) is 14.2 Å². The van der Waals surface area contributed by atoms with Gasteiger partial charge in [0.1, 0.15) is 11.5 Å². The zero-order valence-corrected chi connectivity index (χ0v) is 12.8. The highest BCUT2D eigenvalue weighted by Crippen LogP contribution is 2.37. The Kier molecular flexibility index (Phi) is 4.96. The maximum Gasteiger partial charge on any atom is 0.437 e. The van der Waals surface area contributed by atoms with E-state index in [9.17, 15) is 18.0 Å². The normalized spacial score (nSPS) is 11.2. The minimum Gasteiger partial charge on any atom is -0.497 e. The van der Waals surface area contributed by atoms with Crippen LogP contribution in [0.1, 0.15) is 11.3 Å². The zero-order chi connectivity index (χ0) is 17.9. The number of carboxylic acid groups (broad SMARTS) is 1. The fraction of sp³-hybridized carbons (Fsp3) is 0.250. The third-order valence-corrected chi connectivity index (χ3v) is 3.31. The lowest BCUT2D eigenvalue weighted by Gasteiger charge is -2.14. The number of carboxylic acids is 1. The topological polar surface area (TPSA) is 68.7 Å². The molecule has 1 aromatic carbocycles. The van der Waals surface area contributed by atoms with Crippen LogP contribution in [0.2, 0.25) is 0 Å². The average molecular weight is 341 g/mol. The Morgan fingerprint density at radius 1 is 1.21 bits per heavy atom. The van der Waals surface area contributed by atoms with Gasteiger partial charge in [0, 0.05) is 11.8 Å². The minimum atomic E-state index is -4.65. The second kappa shape index (κ2) is 6.77. The summed E-state index contributed by atoms with van der Waals surface area (Å²) in [6, 6.07) is 5.86. The summed E-state index contributed by atoms with van der Waals surface area (Å²) >= 11 is 0. The fourth-order valence-electron chi connectivity index (χ4n) is 2.25. The number of aliphatic carboxylic acids is 1. The largest absolute Gasteiger partial charge is 0.497 e. The van der Waals surface area contributed by atoms with Crippen molar-refractivity contribution in [2.24, 2.45) is 0 Å². The molecule has 0 amide bonds. The number of nitrogens with zero attached hydrogens (tertiary/aromatic N) is 1. The van der Waals surface area contributed by atoms with Crippen molar-refractivity contribution < 1.29 is 32.5 Å². The number of rotatable bonds is 5. The molecule has 24 heavy (non-hydrogen) atoms. The Bertz CT molecular complexity index is 759. The molecule has 2 aromatic rings. The monoisotopic (exact) mass is 341 g/mol. The number of hydrogen-bond donors (Lipinski definition) is 1. The summed E-state index contributed by atoms with van der Waals surface area (Å²) in [5, 5.41) is 9.02. The Morgan fingerprint density at radius 3 is 2.46 bits per heavy atom. The Labute approximate surface area is 135 Å². The molecule has 5 nitrogen and oxygen atoms in total. The van der Waals surface area contributed by atoms with E-state index >= 15 is 0 Å². The number of hydrogen-bond acceptors (Lipinski definition) is 4. The lowest BCUT2D eigenvalue weighted by molar-refractivity contribution is -0.142. The number of carbonyl (C=O) groups is 1. The average Bonchev–Trinajstić information content (AvgIpc) is 2.52. The smallest absolute Gasteiger partial charge is 0.437 e. The molecule has 1 heterocycles. The predicted molar refractivity (Wildman–Crippen MR) is 79.1 cm³/mol. The van der Waals surface area contributed by atoms with Crippen molar-refractivity contribution in [1.82, 2.24) is 4.98 Å². The van der Waals surface area contributed by atoms with E-state index in [2.05, 4.69) is 4.98 Å². The van der Waals surface area contributed by atoms with Crippen LogP contribution in [0.4, 0.5) is 13.2 Å². The van der Waals surface area contributed by atoms with Gasteiger partial charge in [-0.2, -0.15) is 13.2 Å². The van der Waals surface area contributed by atoms with E-state index in [0.717, 1.165) is 13.3 Å². The van der Waals surface area contributed by atoms with Crippen molar-refractivity contribution in [3.63, 3.8) is 0 Å². The van der Waals surface area contributed by atoms with Crippen molar-refractivity contribution >= 4 is 5.97 Å². The van der Waals surface area contributed by atoms with Gasteiger partial charge in [0.2, 0.25) is 0 Å². The maximum atomic E-state index is 12.9. The van der Waals surface area contributed by atoms with E-state index in [1.165, 1.54) is 19.2 Å². The quantitative estimate of drug-likeness (QED) is 0.903. The first kappa shape index (κ1) is 17.6. The number of pyridine rings is 1. The standard InChI is InChI=1S/C16H14F3NO4/c1-23-11-3-4-12(9(5-11)7-14(21)22)10-6-13(24-2)15(20-8-10)16(17,18)19/h3-6,8H,7H2,1-2H3,(H,21,22). The van der Waals surface area contributed by atoms with Gasteiger partial charge in [-0.25, -0.2) is 4.98 Å². The molecule has 0 saturated carbocycles. The lowest BCUT2D eigenvalue weighted by Crippen LogP contribution is -2.10. The summed E-state index contributed by atoms with van der Waals surface area (Å²) in [4.78, 5) is 14.5. The van der Waals surface area contributed by atoms with Gasteiger partial charge < -0.3 is 14.6 Å². The van der Waals surface area contributed by atoms with Crippen LogP contribution >= 0.6 is 0 Å². The molecular weight excluding hydrogens is 327 g/mol. The van der Waals surface area contributed by atoms with Crippen molar-refractivity contribution in [3.8, 4) is 22.6 Å². The van der Waals surface area contributed by atoms with Crippen molar-refractivity contribution in [1.29, 1.82) is 0 Å². The summed E-state index contributed by atoms with van der Waals surface area (Å²) in [6.45, 7) is 0. The summed E-state index contributed by atoms with van der Waals surface area (Å²) in [5.41, 5.74) is 0.0176. The van der Waals surface area contributed by atoms with E-state index in [1.54, 1.807) is 12.1 Å². The van der Waals surface area contributed by atoms with Gasteiger partial charge in [-0.3, -0.25) is 4.79 Å². The molecule has 2 rings (SSSR count). The molecule has 1 N–H and O–H groups in total. The molecule has 0 unspecified atom stereocenters. The molecule has 0 aliphatic carbocycles. The van der Waals surface area contributed by atoms with Crippen LogP contribution in [0.25, 0.3) is 11.1 Å². The van der Waals surface area contributed by atoms with Crippen LogP contribution in [0.15, 0.2) is 30.5 Å². The molecule has 8 heteroatoms. The maximum absolute atomic E-state index is 12.9. The van der Waals surface area contributed by atoms with Gasteiger partial charge in [0.05, 0.1) is 20.6 Å². The first-order valence-electron chi connectivity index (χ1n) is 6.76. The van der Waals surface area contributed by atoms with Crippen LogP contribution in [0, 0.1) is 0 Å². The molecule has 0 spiro atoms. The Hall–Kier alpha value is -2.77. The van der Waals surface area contributed by atoms with Crippen LogP contribution in [0.3, 0.4) is 0 Å². The van der Waals surface area contributed by atoms with E-state index in [-0.39, 0.29) is 6.42 Å². The number of aromatic nitrogens is 1. The highest BCUT2D eigenvalue weighted by Gasteiger charge is 2.36. The summed E-state index contributed by atoms with van der Waals surface area (Å²) in [6.07, 6.45) is -3.91. The van der Waals surface area contributed by atoms with Gasteiger partial charge in [-0.1, -0.05) is 6.07 Å². The van der Waals surface area contributed by atoms with E-state index < -0.39 is 23.6 Å². The van der Waals surface area contributed by atoms with Crippen molar-refractivity contribution in [2.45, 2.75) is 12.6 Å². The van der Waals surface area contributed by atoms with Crippen LogP contribution in [0.5, 0.6) is 11.5 Å². The molecule has 0 bridgehead atoms. The first-order valence-corrected chi connectivity index (χ1v) is 6.76. The molecule has 0 aliphatic heterocycles. The molecule has 128 valence electrons. The third kappa shape index (κ3) is 3.76. The molecule has 0 saturated heterocycles. The number of methoxy groups -OCH3 is 2. The Balaban J connectivity index is 2.57. The minimum absolute atomic E-state index is 0.310. The van der Waals surface area contributed by atoms with Gasteiger partial charge in [-0.15, -0.1) is 0 Å². The van der Waals surface area contributed by atoms with Crippen LogP contribution in [-0.4, -0.2) is 30.3 Å². The SMILES string of the molecule is COc1ccc(-c2cnc(C(F)(F)F)c(OC)c2)c(CC(=O)O)c1. The lowest BCUT2D eigenvalue weighted by atomic mass is 9.98. The number of alkyl halides is 3. The highest BCUT2D eigenvalue weighted by molar-refractivity contribution is 5.77. The highest BCUT2D eigenvalue weighted by atomic mass is 19.4. The summed E-state index contributed by atoms with van der Waals surface area (Å²) < 4.78 is 48.5. The van der Waals surface area contributed by atoms with Crippen LogP contribution in [-0.2, 0) is 17.4 Å². The fourth-order valence-corrected chi connectivity index (χ4v) is 2.25.